The first-order valence-electron chi connectivity index (χ1n) is 6.09. The predicted octanol–water partition coefficient (Wildman–Crippen LogP) is 1.70. The third-order valence-corrected chi connectivity index (χ3v) is 3.82. The third kappa shape index (κ3) is 1.75. The van der Waals surface area contributed by atoms with Crippen molar-refractivity contribution < 1.29 is 9.90 Å². The fraction of sp³-hybridized carbons (Fsp3) is 0.583. The molecule has 1 aromatic heterocycles. The number of fused-ring (bicyclic) bond motifs is 2. The predicted molar refractivity (Wildman–Crippen MR) is 62.1 cm³/mol. The number of carbonyl (C=O) groups is 1. The Morgan fingerprint density at radius 3 is 2.41 bits per heavy atom. The van der Waals surface area contributed by atoms with Crippen molar-refractivity contribution in [2.75, 3.05) is 4.90 Å². The Morgan fingerprint density at radius 1 is 1.18 bits per heavy atom. The molecule has 2 bridgehead atoms. The average Bonchev–Trinajstić information content (AvgIpc) is 2.59. The molecular formula is C12H15N3O2. The molecule has 2 atom stereocenters. The highest BCUT2D eigenvalue weighted by molar-refractivity contribution is 5.84. The summed E-state index contributed by atoms with van der Waals surface area (Å²) in [7, 11) is 0. The van der Waals surface area contributed by atoms with Crippen LogP contribution in [-0.4, -0.2) is 33.1 Å². The van der Waals surface area contributed by atoms with E-state index in [1.165, 1.54) is 38.3 Å². The van der Waals surface area contributed by atoms with E-state index in [0.717, 1.165) is 5.82 Å². The summed E-state index contributed by atoms with van der Waals surface area (Å²) in [6, 6.07) is 1.16. The molecule has 5 heteroatoms. The molecule has 0 aromatic carbocycles. The zero-order valence-corrected chi connectivity index (χ0v) is 9.54. The van der Waals surface area contributed by atoms with E-state index in [9.17, 15) is 4.79 Å². The normalized spacial score (nSPS) is 27.2. The van der Waals surface area contributed by atoms with E-state index in [1.807, 2.05) is 0 Å². The second-order valence-electron chi connectivity index (χ2n) is 4.79. The third-order valence-electron chi connectivity index (χ3n) is 3.82. The zero-order valence-electron chi connectivity index (χ0n) is 9.54. The van der Waals surface area contributed by atoms with Crippen LogP contribution in [0.4, 0.5) is 5.82 Å². The SMILES string of the molecule is O=C(O)c1cnc(N2C3CCCC2CC3)cn1. The standard InChI is InChI=1S/C12H15N3O2/c16-12(17)10-6-14-11(7-13-10)15-8-2-1-3-9(15)5-4-8/h6-9H,1-5H2,(H,16,17). The molecule has 0 saturated carbocycles. The van der Waals surface area contributed by atoms with E-state index in [-0.39, 0.29) is 5.69 Å². The number of anilines is 1. The van der Waals surface area contributed by atoms with Gasteiger partial charge in [-0.2, -0.15) is 0 Å². The van der Waals surface area contributed by atoms with E-state index in [4.69, 9.17) is 5.11 Å². The molecule has 2 aliphatic rings. The summed E-state index contributed by atoms with van der Waals surface area (Å²) in [6.45, 7) is 0. The monoisotopic (exact) mass is 233 g/mol. The lowest BCUT2D eigenvalue weighted by Gasteiger charge is -2.35. The zero-order chi connectivity index (χ0) is 11.8. The maximum atomic E-state index is 10.7. The number of rotatable bonds is 2. The number of aromatic nitrogens is 2. The second kappa shape index (κ2) is 3.98. The average molecular weight is 233 g/mol. The quantitative estimate of drug-likeness (QED) is 0.842. The molecule has 2 unspecified atom stereocenters. The van der Waals surface area contributed by atoms with Crippen molar-refractivity contribution >= 4 is 11.8 Å². The fourth-order valence-electron chi connectivity index (χ4n) is 3.06. The topological polar surface area (TPSA) is 66.3 Å². The lowest BCUT2D eigenvalue weighted by molar-refractivity contribution is 0.0690. The first-order valence-corrected chi connectivity index (χ1v) is 6.09. The van der Waals surface area contributed by atoms with Crippen LogP contribution in [0.15, 0.2) is 12.4 Å². The number of aromatic carboxylic acids is 1. The smallest absolute Gasteiger partial charge is 0.356 e. The van der Waals surface area contributed by atoms with Crippen LogP contribution >= 0.6 is 0 Å². The van der Waals surface area contributed by atoms with E-state index in [1.54, 1.807) is 6.20 Å². The van der Waals surface area contributed by atoms with Crippen molar-refractivity contribution in [3.63, 3.8) is 0 Å². The first kappa shape index (κ1) is 10.5. The molecule has 90 valence electrons. The molecule has 2 saturated heterocycles. The summed E-state index contributed by atoms with van der Waals surface area (Å²) >= 11 is 0. The van der Waals surface area contributed by atoms with Crippen molar-refractivity contribution in [2.45, 2.75) is 44.2 Å². The molecule has 0 amide bonds. The van der Waals surface area contributed by atoms with Gasteiger partial charge in [-0.15, -0.1) is 0 Å². The lowest BCUT2D eigenvalue weighted by Crippen LogP contribution is -2.40. The van der Waals surface area contributed by atoms with Crippen molar-refractivity contribution in [3.05, 3.63) is 18.1 Å². The number of carboxylic acid groups (broad SMARTS) is 1. The first-order chi connectivity index (χ1) is 8.25. The minimum Gasteiger partial charge on any atom is -0.476 e. The van der Waals surface area contributed by atoms with Gasteiger partial charge in [0.25, 0.3) is 0 Å². The molecule has 2 fully saturated rings. The van der Waals surface area contributed by atoms with Gasteiger partial charge in [0, 0.05) is 12.1 Å². The highest BCUT2D eigenvalue weighted by atomic mass is 16.4. The number of nitrogens with zero attached hydrogens (tertiary/aromatic N) is 3. The van der Waals surface area contributed by atoms with E-state index in [0.29, 0.717) is 12.1 Å². The van der Waals surface area contributed by atoms with E-state index in [2.05, 4.69) is 14.9 Å². The van der Waals surface area contributed by atoms with Gasteiger partial charge in [0.2, 0.25) is 0 Å². The van der Waals surface area contributed by atoms with Crippen molar-refractivity contribution in [3.8, 4) is 0 Å². The Kier molecular flexibility index (Phi) is 2.46. The van der Waals surface area contributed by atoms with Gasteiger partial charge in [0.1, 0.15) is 5.82 Å². The van der Waals surface area contributed by atoms with Gasteiger partial charge in [0.15, 0.2) is 5.69 Å². The van der Waals surface area contributed by atoms with Gasteiger partial charge in [-0.25, -0.2) is 14.8 Å². The molecule has 0 radical (unpaired) electrons. The van der Waals surface area contributed by atoms with E-state index < -0.39 is 5.97 Å². The van der Waals surface area contributed by atoms with Crippen LogP contribution in [0.3, 0.4) is 0 Å². The molecule has 1 aromatic rings. The lowest BCUT2D eigenvalue weighted by atomic mass is 10.0. The van der Waals surface area contributed by atoms with Crippen LogP contribution < -0.4 is 4.90 Å². The summed E-state index contributed by atoms with van der Waals surface area (Å²) in [5.74, 6) is -0.187. The molecule has 3 heterocycles. The Balaban J connectivity index is 1.86. The van der Waals surface area contributed by atoms with Crippen LogP contribution in [0.5, 0.6) is 0 Å². The molecule has 0 spiro atoms. The van der Waals surface area contributed by atoms with Crippen LogP contribution in [0.1, 0.15) is 42.6 Å². The second-order valence-corrected chi connectivity index (χ2v) is 4.79. The van der Waals surface area contributed by atoms with Gasteiger partial charge in [0.05, 0.1) is 12.4 Å². The minimum absolute atomic E-state index is 0.0121. The van der Waals surface area contributed by atoms with Crippen molar-refractivity contribution in [1.29, 1.82) is 0 Å². The van der Waals surface area contributed by atoms with Gasteiger partial charge in [-0.05, 0) is 32.1 Å². The minimum atomic E-state index is -1.02. The molecule has 0 aliphatic carbocycles. The van der Waals surface area contributed by atoms with Gasteiger partial charge in [-0.3, -0.25) is 0 Å². The van der Waals surface area contributed by atoms with Crippen molar-refractivity contribution in [2.24, 2.45) is 0 Å². The molecular weight excluding hydrogens is 218 g/mol. The Bertz CT molecular complexity index is 416. The highest BCUT2D eigenvalue weighted by Gasteiger charge is 2.37. The summed E-state index contributed by atoms with van der Waals surface area (Å²) in [4.78, 5) is 21.2. The Morgan fingerprint density at radius 2 is 1.88 bits per heavy atom. The maximum absolute atomic E-state index is 10.7. The van der Waals surface area contributed by atoms with Gasteiger partial charge < -0.3 is 10.0 Å². The van der Waals surface area contributed by atoms with Gasteiger partial charge in [-0.1, -0.05) is 0 Å². The van der Waals surface area contributed by atoms with E-state index >= 15 is 0 Å². The molecule has 2 aliphatic heterocycles. The summed E-state index contributed by atoms with van der Waals surface area (Å²) in [5.41, 5.74) is 0.0121. The Labute approximate surface area is 99.5 Å². The van der Waals surface area contributed by atoms with Gasteiger partial charge >= 0.3 is 5.97 Å². The molecule has 17 heavy (non-hydrogen) atoms. The highest BCUT2D eigenvalue weighted by Crippen LogP contribution is 2.37. The summed E-state index contributed by atoms with van der Waals surface area (Å²) in [6.07, 6.45) is 9.15. The molecule has 5 nitrogen and oxygen atoms in total. The summed E-state index contributed by atoms with van der Waals surface area (Å²) < 4.78 is 0. The molecule has 3 rings (SSSR count). The van der Waals surface area contributed by atoms with Crippen LogP contribution in [0.2, 0.25) is 0 Å². The van der Waals surface area contributed by atoms with Crippen LogP contribution in [-0.2, 0) is 0 Å². The van der Waals surface area contributed by atoms with Crippen LogP contribution in [0, 0.1) is 0 Å². The fourth-order valence-corrected chi connectivity index (χ4v) is 3.06. The molecule has 1 N–H and O–H groups in total. The van der Waals surface area contributed by atoms with Crippen LogP contribution in [0.25, 0.3) is 0 Å². The largest absolute Gasteiger partial charge is 0.476 e. The Hall–Kier alpha value is -1.65. The summed E-state index contributed by atoms with van der Waals surface area (Å²) in [5, 5.41) is 8.79. The number of hydrogen-bond acceptors (Lipinski definition) is 4. The number of carboxylic acids is 1. The number of hydrogen-bond donors (Lipinski definition) is 1. The number of piperidine rings is 1. The van der Waals surface area contributed by atoms with Crippen molar-refractivity contribution in [1.82, 2.24) is 9.97 Å². The maximum Gasteiger partial charge on any atom is 0.356 e.